The highest BCUT2D eigenvalue weighted by Crippen LogP contribution is 2.27. The number of nitrogens with one attached hydrogen (secondary N) is 2. The van der Waals surface area contributed by atoms with Crippen LogP contribution in [0.1, 0.15) is 41.4 Å². The molecular weight excluding hydrogens is 362 g/mol. The van der Waals surface area contributed by atoms with Crippen LogP contribution in [0.2, 0.25) is 0 Å². The maximum atomic E-state index is 13.4. The van der Waals surface area contributed by atoms with E-state index in [0.29, 0.717) is 0 Å². The number of carbonyl (C=O) groups is 1. The number of amides is 1. The van der Waals surface area contributed by atoms with Gasteiger partial charge in [-0.15, -0.1) is 0 Å². The third-order valence-electron chi connectivity index (χ3n) is 4.23. The van der Waals surface area contributed by atoms with E-state index in [1.54, 1.807) is 0 Å². The van der Waals surface area contributed by atoms with Crippen molar-refractivity contribution in [2.75, 3.05) is 10.6 Å². The molecule has 0 aliphatic carbocycles. The zero-order valence-corrected chi connectivity index (χ0v) is 15.8. The topological polar surface area (TPSA) is 66.9 Å². The molecule has 144 valence electrons. The van der Waals surface area contributed by atoms with Crippen molar-refractivity contribution in [1.29, 1.82) is 0 Å². The summed E-state index contributed by atoms with van der Waals surface area (Å²) in [5, 5.41) is 5.68. The molecule has 0 spiro atoms. The van der Waals surface area contributed by atoms with Crippen molar-refractivity contribution in [3.8, 4) is 0 Å². The van der Waals surface area contributed by atoms with Gasteiger partial charge in [0.2, 0.25) is 5.95 Å². The van der Waals surface area contributed by atoms with Crippen LogP contribution in [-0.4, -0.2) is 15.9 Å². The molecule has 0 unspecified atom stereocenters. The van der Waals surface area contributed by atoms with E-state index in [1.165, 1.54) is 18.3 Å². The van der Waals surface area contributed by atoms with Crippen LogP contribution in [0.25, 0.3) is 0 Å². The molecule has 2 N–H and O–H groups in total. The van der Waals surface area contributed by atoms with E-state index in [0.717, 1.165) is 28.9 Å². The van der Waals surface area contributed by atoms with Crippen LogP contribution in [-0.2, 0) is 0 Å². The first-order valence-electron chi connectivity index (χ1n) is 8.81. The number of aromatic nitrogens is 2. The van der Waals surface area contributed by atoms with Gasteiger partial charge in [0.25, 0.3) is 5.91 Å². The fourth-order valence-electron chi connectivity index (χ4n) is 2.77. The van der Waals surface area contributed by atoms with Crippen molar-refractivity contribution in [2.45, 2.75) is 26.7 Å². The summed E-state index contributed by atoms with van der Waals surface area (Å²) >= 11 is 0. The van der Waals surface area contributed by atoms with Gasteiger partial charge in [0.05, 0.1) is 0 Å². The maximum absolute atomic E-state index is 13.4. The Kier molecular flexibility index (Phi) is 5.63. The lowest BCUT2D eigenvalue weighted by atomic mass is 9.98. The Morgan fingerprint density at radius 1 is 1.07 bits per heavy atom. The molecule has 0 atom stereocenters. The summed E-state index contributed by atoms with van der Waals surface area (Å²) in [6.45, 7) is 6.04. The average molecular weight is 382 g/mol. The minimum absolute atomic E-state index is 0.104. The Labute approximate surface area is 161 Å². The zero-order valence-electron chi connectivity index (χ0n) is 15.8. The molecule has 0 aliphatic rings. The monoisotopic (exact) mass is 382 g/mol. The largest absolute Gasteiger partial charge is 0.324 e. The molecule has 1 heterocycles. The second kappa shape index (κ2) is 8.12. The van der Waals surface area contributed by atoms with Gasteiger partial charge in [-0.25, -0.2) is 18.7 Å². The lowest BCUT2D eigenvalue weighted by molar-refractivity contribution is 0.102. The SMILES string of the molecule is Cc1cccc(C(C)C)c1NC(=O)c1ccnc(Nc2ccc(F)c(F)c2)n1. The predicted molar refractivity (Wildman–Crippen MR) is 105 cm³/mol. The van der Waals surface area contributed by atoms with E-state index in [-0.39, 0.29) is 29.2 Å². The van der Waals surface area contributed by atoms with Crippen LogP contribution < -0.4 is 10.6 Å². The van der Waals surface area contributed by atoms with Crippen LogP contribution >= 0.6 is 0 Å². The summed E-state index contributed by atoms with van der Waals surface area (Å²) in [6, 6.07) is 10.7. The molecule has 0 saturated heterocycles. The third kappa shape index (κ3) is 4.31. The summed E-state index contributed by atoms with van der Waals surface area (Å²) in [6.07, 6.45) is 1.42. The van der Waals surface area contributed by atoms with E-state index in [4.69, 9.17) is 0 Å². The molecule has 1 amide bonds. The van der Waals surface area contributed by atoms with Gasteiger partial charge in [-0.05, 0) is 42.2 Å². The second-order valence-corrected chi connectivity index (χ2v) is 6.67. The van der Waals surface area contributed by atoms with Crippen molar-refractivity contribution in [3.63, 3.8) is 0 Å². The van der Waals surface area contributed by atoms with Crippen LogP contribution in [0.5, 0.6) is 0 Å². The first kappa shape index (κ1) is 19.4. The third-order valence-corrected chi connectivity index (χ3v) is 4.23. The van der Waals surface area contributed by atoms with Crippen molar-refractivity contribution in [3.05, 3.63) is 77.1 Å². The first-order valence-corrected chi connectivity index (χ1v) is 8.81. The van der Waals surface area contributed by atoms with Crippen molar-refractivity contribution in [2.24, 2.45) is 0 Å². The zero-order chi connectivity index (χ0) is 20.3. The number of halogens is 2. The number of hydrogen-bond donors (Lipinski definition) is 2. The van der Waals surface area contributed by atoms with Gasteiger partial charge in [-0.2, -0.15) is 0 Å². The van der Waals surface area contributed by atoms with Crippen LogP contribution in [0.4, 0.5) is 26.1 Å². The number of benzene rings is 2. The Morgan fingerprint density at radius 3 is 2.57 bits per heavy atom. The molecule has 1 aromatic heterocycles. The minimum Gasteiger partial charge on any atom is -0.324 e. The summed E-state index contributed by atoms with van der Waals surface area (Å²) in [5.74, 6) is -1.97. The molecule has 0 aliphatic heterocycles. The first-order chi connectivity index (χ1) is 13.3. The minimum atomic E-state index is -0.986. The summed E-state index contributed by atoms with van der Waals surface area (Å²) in [5.41, 5.74) is 3.17. The molecule has 0 bridgehead atoms. The second-order valence-electron chi connectivity index (χ2n) is 6.67. The Morgan fingerprint density at radius 2 is 1.86 bits per heavy atom. The maximum Gasteiger partial charge on any atom is 0.274 e. The highest BCUT2D eigenvalue weighted by molar-refractivity contribution is 6.04. The average Bonchev–Trinajstić information content (AvgIpc) is 2.66. The van der Waals surface area contributed by atoms with Gasteiger partial charge >= 0.3 is 0 Å². The Balaban J connectivity index is 1.82. The number of rotatable bonds is 5. The lowest BCUT2D eigenvalue weighted by Crippen LogP contribution is -2.17. The quantitative estimate of drug-likeness (QED) is 0.638. The molecule has 7 heteroatoms. The van der Waals surface area contributed by atoms with Crippen LogP contribution in [0, 0.1) is 18.6 Å². The molecule has 28 heavy (non-hydrogen) atoms. The summed E-state index contributed by atoms with van der Waals surface area (Å²) < 4.78 is 26.4. The van der Waals surface area contributed by atoms with Crippen LogP contribution in [0.3, 0.4) is 0 Å². The Hall–Kier alpha value is -3.35. The van der Waals surface area contributed by atoms with Gasteiger partial charge in [-0.3, -0.25) is 4.79 Å². The number of nitrogens with zero attached hydrogens (tertiary/aromatic N) is 2. The number of anilines is 3. The molecule has 0 saturated carbocycles. The van der Waals surface area contributed by atoms with Gasteiger partial charge in [0.1, 0.15) is 5.69 Å². The number of para-hydroxylation sites is 1. The molecule has 3 rings (SSSR count). The fraction of sp³-hybridized carbons (Fsp3) is 0.190. The molecule has 0 radical (unpaired) electrons. The van der Waals surface area contributed by atoms with Crippen molar-refractivity contribution < 1.29 is 13.6 Å². The number of aryl methyl sites for hydroxylation is 1. The molecular formula is C21H20F2N4O. The van der Waals surface area contributed by atoms with Crippen molar-refractivity contribution >= 4 is 23.2 Å². The van der Waals surface area contributed by atoms with Gasteiger partial charge < -0.3 is 10.6 Å². The van der Waals surface area contributed by atoms with Gasteiger partial charge in [-0.1, -0.05) is 32.0 Å². The van der Waals surface area contributed by atoms with Crippen LogP contribution in [0.15, 0.2) is 48.7 Å². The number of hydrogen-bond acceptors (Lipinski definition) is 4. The molecule has 0 fully saturated rings. The summed E-state index contributed by atoms with van der Waals surface area (Å²) in [4.78, 5) is 20.9. The van der Waals surface area contributed by atoms with E-state index < -0.39 is 11.6 Å². The predicted octanol–water partition coefficient (Wildman–Crippen LogP) is 5.18. The van der Waals surface area contributed by atoms with Gasteiger partial charge in [0, 0.05) is 23.6 Å². The van der Waals surface area contributed by atoms with E-state index in [1.807, 2.05) is 25.1 Å². The molecule has 2 aromatic carbocycles. The van der Waals surface area contributed by atoms with E-state index >= 15 is 0 Å². The standard InChI is InChI=1S/C21H20F2N4O/c1-12(2)15-6-4-5-13(3)19(15)27-20(28)18-9-10-24-21(26-18)25-14-7-8-16(22)17(23)11-14/h4-12H,1-3H3,(H,27,28)(H,24,25,26). The molecule has 3 aromatic rings. The molecule has 5 nitrogen and oxygen atoms in total. The van der Waals surface area contributed by atoms with E-state index in [9.17, 15) is 13.6 Å². The smallest absolute Gasteiger partial charge is 0.274 e. The highest BCUT2D eigenvalue weighted by Gasteiger charge is 2.15. The normalized spacial score (nSPS) is 10.8. The Bertz CT molecular complexity index is 1020. The van der Waals surface area contributed by atoms with Crippen molar-refractivity contribution in [1.82, 2.24) is 9.97 Å². The van der Waals surface area contributed by atoms with Gasteiger partial charge in [0.15, 0.2) is 11.6 Å². The lowest BCUT2D eigenvalue weighted by Gasteiger charge is -2.16. The number of carbonyl (C=O) groups excluding carboxylic acids is 1. The highest BCUT2D eigenvalue weighted by atomic mass is 19.2. The summed E-state index contributed by atoms with van der Waals surface area (Å²) in [7, 11) is 0. The fourth-order valence-corrected chi connectivity index (χ4v) is 2.77. The van der Waals surface area contributed by atoms with E-state index in [2.05, 4.69) is 34.4 Å².